The van der Waals surface area contributed by atoms with Gasteiger partial charge in [-0.05, 0) is 30.2 Å². The van der Waals surface area contributed by atoms with E-state index in [0.717, 1.165) is 29.8 Å². The molecule has 176 valence electrons. The number of amides is 3. The zero-order valence-corrected chi connectivity index (χ0v) is 20.6. The van der Waals surface area contributed by atoms with E-state index in [2.05, 4.69) is 22.4 Å². The molecule has 0 radical (unpaired) electrons. The number of fused-ring (bicyclic) bond motifs is 2. The quantitative estimate of drug-likeness (QED) is 0.585. The number of anilines is 1. The molecule has 0 spiro atoms. The van der Waals surface area contributed by atoms with Crippen molar-refractivity contribution in [3.05, 3.63) is 40.9 Å². The fourth-order valence-electron chi connectivity index (χ4n) is 5.20. The summed E-state index contributed by atoms with van der Waals surface area (Å²) < 4.78 is 0. The second-order valence-corrected chi connectivity index (χ2v) is 11.0. The minimum absolute atomic E-state index is 0.239. The van der Waals surface area contributed by atoms with E-state index in [1.54, 1.807) is 0 Å². The predicted octanol–water partition coefficient (Wildman–Crippen LogP) is 4.24. The molecule has 1 aliphatic carbocycles. The van der Waals surface area contributed by atoms with Crippen molar-refractivity contribution in [2.75, 3.05) is 5.32 Å². The Morgan fingerprint density at radius 3 is 2.64 bits per heavy atom. The van der Waals surface area contributed by atoms with Gasteiger partial charge in [0, 0.05) is 18.8 Å². The van der Waals surface area contributed by atoms with Gasteiger partial charge in [0.1, 0.15) is 11.0 Å². The van der Waals surface area contributed by atoms with Crippen molar-refractivity contribution in [2.24, 2.45) is 16.7 Å². The van der Waals surface area contributed by atoms with E-state index in [1.807, 2.05) is 51.1 Å². The lowest BCUT2D eigenvalue weighted by atomic mass is 9.62. The molecular weight excluding hydrogens is 436 g/mol. The van der Waals surface area contributed by atoms with Crippen LogP contribution in [-0.4, -0.2) is 38.9 Å². The van der Waals surface area contributed by atoms with Crippen LogP contribution in [0.5, 0.6) is 0 Å². The van der Waals surface area contributed by atoms with Gasteiger partial charge >= 0.3 is 0 Å². The molecule has 1 aromatic heterocycles. The molecule has 1 saturated carbocycles. The Morgan fingerprint density at radius 2 is 1.94 bits per heavy atom. The number of aryl methyl sites for hydroxylation is 1. The second-order valence-electron chi connectivity index (χ2n) is 9.96. The normalized spacial score (nSPS) is 24.7. The molecule has 1 N–H and O–H groups in total. The van der Waals surface area contributed by atoms with Crippen LogP contribution in [0.25, 0.3) is 0 Å². The summed E-state index contributed by atoms with van der Waals surface area (Å²) in [6, 6.07) is 8.57. The Labute approximate surface area is 199 Å². The first-order chi connectivity index (χ1) is 15.7. The van der Waals surface area contributed by atoms with Gasteiger partial charge in [-0.2, -0.15) is 0 Å². The molecule has 4 rings (SSSR count). The fraction of sp³-hybridized carbons (Fsp3) is 0.560. The maximum atomic E-state index is 13.7. The number of benzene rings is 1. The van der Waals surface area contributed by atoms with E-state index >= 15 is 0 Å². The number of carbonyl (C=O) groups excluding carboxylic acids is 3. The number of imide groups is 1. The zero-order chi connectivity index (χ0) is 23.8. The number of hydrogen-bond donors (Lipinski definition) is 1. The molecule has 8 heteroatoms. The van der Waals surface area contributed by atoms with Crippen molar-refractivity contribution in [2.45, 2.75) is 72.3 Å². The Bertz CT molecular complexity index is 1050. The van der Waals surface area contributed by atoms with Crippen LogP contribution in [0.4, 0.5) is 5.13 Å². The van der Waals surface area contributed by atoms with Gasteiger partial charge in [0.15, 0.2) is 0 Å². The molecule has 2 bridgehead atoms. The van der Waals surface area contributed by atoms with E-state index in [0.29, 0.717) is 18.0 Å². The molecule has 2 heterocycles. The van der Waals surface area contributed by atoms with Crippen LogP contribution in [0.1, 0.15) is 63.9 Å². The summed E-state index contributed by atoms with van der Waals surface area (Å²) in [7, 11) is 0. The summed E-state index contributed by atoms with van der Waals surface area (Å²) in [4.78, 5) is 42.1. The number of aromatic nitrogens is 2. The number of carbonyl (C=O) groups is 3. The first-order valence-electron chi connectivity index (χ1n) is 11.7. The highest BCUT2D eigenvalue weighted by molar-refractivity contribution is 7.15. The number of nitrogens with zero attached hydrogens (tertiary/aromatic N) is 3. The molecule has 3 atom stereocenters. The highest BCUT2D eigenvalue weighted by atomic mass is 32.1. The monoisotopic (exact) mass is 468 g/mol. The third kappa shape index (κ3) is 4.09. The maximum absolute atomic E-state index is 13.7. The van der Waals surface area contributed by atoms with Gasteiger partial charge in [-0.25, -0.2) is 0 Å². The van der Waals surface area contributed by atoms with Crippen molar-refractivity contribution in [1.82, 2.24) is 15.1 Å². The van der Waals surface area contributed by atoms with Gasteiger partial charge in [0.2, 0.25) is 22.9 Å². The number of rotatable bonds is 8. The standard InChI is InChI=1S/C25H32N4O3S/c1-5-6-12-19-27-28-23(33-19)26-20(30)18(15-16-10-8-7-9-11-16)29-21(31)17-13-14-25(4,22(29)32)24(17,2)3/h7-11,17-18H,5-6,12-15H2,1-4H3,(H,26,28,30). The van der Waals surface area contributed by atoms with Crippen LogP contribution in [-0.2, 0) is 27.2 Å². The number of piperidine rings is 1. The van der Waals surface area contributed by atoms with Crippen molar-refractivity contribution in [1.29, 1.82) is 0 Å². The first-order valence-corrected chi connectivity index (χ1v) is 12.6. The van der Waals surface area contributed by atoms with E-state index in [1.165, 1.54) is 16.2 Å². The molecule has 1 aliphatic heterocycles. The van der Waals surface area contributed by atoms with Crippen LogP contribution < -0.4 is 5.32 Å². The molecule has 3 amide bonds. The highest BCUT2D eigenvalue weighted by Gasteiger charge is 2.65. The topological polar surface area (TPSA) is 92.3 Å². The van der Waals surface area contributed by atoms with Gasteiger partial charge in [-0.15, -0.1) is 10.2 Å². The summed E-state index contributed by atoms with van der Waals surface area (Å²) >= 11 is 1.34. The molecular formula is C25H32N4O3S. The third-order valence-electron chi connectivity index (χ3n) is 7.78. The Balaban J connectivity index is 1.64. The van der Waals surface area contributed by atoms with Crippen LogP contribution in [0.15, 0.2) is 30.3 Å². The van der Waals surface area contributed by atoms with Gasteiger partial charge < -0.3 is 0 Å². The van der Waals surface area contributed by atoms with Crippen LogP contribution in [0.2, 0.25) is 0 Å². The van der Waals surface area contributed by atoms with Crippen LogP contribution in [0.3, 0.4) is 0 Å². The molecule has 33 heavy (non-hydrogen) atoms. The molecule has 7 nitrogen and oxygen atoms in total. The number of unbranched alkanes of at least 4 members (excludes halogenated alkanes) is 1. The summed E-state index contributed by atoms with van der Waals surface area (Å²) in [5, 5.41) is 12.4. The predicted molar refractivity (Wildman–Crippen MR) is 128 cm³/mol. The van der Waals surface area contributed by atoms with Crippen molar-refractivity contribution >= 4 is 34.2 Å². The van der Waals surface area contributed by atoms with E-state index in [9.17, 15) is 14.4 Å². The average Bonchev–Trinajstić information content (AvgIpc) is 3.30. The molecule has 1 saturated heterocycles. The molecule has 2 aromatic rings. The van der Waals surface area contributed by atoms with Gasteiger partial charge in [-0.3, -0.25) is 24.6 Å². The molecule has 3 unspecified atom stereocenters. The first kappa shape index (κ1) is 23.5. The molecule has 2 fully saturated rings. The maximum Gasteiger partial charge on any atom is 0.249 e. The third-order valence-corrected chi connectivity index (χ3v) is 8.68. The minimum atomic E-state index is -0.939. The van der Waals surface area contributed by atoms with Crippen LogP contribution >= 0.6 is 11.3 Å². The van der Waals surface area contributed by atoms with Crippen molar-refractivity contribution < 1.29 is 14.4 Å². The van der Waals surface area contributed by atoms with Crippen molar-refractivity contribution in [3.8, 4) is 0 Å². The average molecular weight is 469 g/mol. The SMILES string of the molecule is CCCCc1nnc(NC(=O)C(Cc2ccccc2)N2C(=O)C3CCC(C)(C2=O)C3(C)C)s1. The second kappa shape index (κ2) is 8.97. The van der Waals surface area contributed by atoms with Gasteiger partial charge in [0.25, 0.3) is 0 Å². The Morgan fingerprint density at radius 1 is 1.21 bits per heavy atom. The van der Waals surface area contributed by atoms with Crippen LogP contribution in [0, 0.1) is 16.7 Å². The lowest BCUT2D eigenvalue weighted by molar-refractivity contribution is -0.172. The fourth-order valence-corrected chi connectivity index (χ4v) is 5.99. The van der Waals surface area contributed by atoms with E-state index in [4.69, 9.17) is 0 Å². The Hall–Kier alpha value is -2.61. The summed E-state index contributed by atoms with van der Waals surface area (Å²) in [6.45, 7) is 8.06. The highest BCUT2D eigenvalue weighted by Crippen LogP contribution is 2.60. The Kier molecular flexibility index (Phi) is 6.40. The lowest BCUT2D eigenvalue weighted by Gasteiger charge is -2.49. The molecule has 1 aromatic carbocycles. The molecule has 2 aliphatic rings. The largest absolute Gasteiger partial charge is 0.299 e. The van der Waals surface area contributed by atoms with Gasteiger partial charge in [-0.1, -0.05) is 75.8 Å². The zero-order valence-electron chi connectivity index (χ0n) is 19.8. The smallest absolute Gasteiger partial charge is 0.249 e. The van der Waals surface area contributed by atoms with Crippen molar-refractivity contribution in [3.63, 3.8) is 0 Å². The number of likely N-dealkylation sites (tertiary alicyclic amines) is 1. The summed E-state index contributed by atoms with van der Waals surface area (Å²) in [5.74, 6) is -1.16. The van der Waals surface area contributed by atoms with E-state index in [-0.39, 0.29) is 24.2 Å². The number of hydrogen-bond acceptors (Lipinski definition) is 6. The van der Waals surface area contributed by atoms with Gasteiger partial charge in [0.05, 0.1) is 5.41 Å². The summed E-state index contributed by atoms with van der Waals surface area (Å²) in [6.07, 6.45) is 4.45. The van der Waals surface area contributed by atoms with E-state index < -0.39 is 22.8 Å². The summed E-state index contributed by atoms with van der Waals surface area (Å²) in [5.41, 5.74) is -0.211. The number of nitrogens with one attached hydrogen (secondary N) is 1. The lowest BCUT2D eigenvalue weighted by Crippen LogP contribution is -2.64. The minimum Gasteiger partial charge on any atom is -0.299 e.